The summed E-state index contributed by atoms with van der Waals surface area (Å²) in [6.07, 6.45) is -1.95. The summed E-state index contributed by atoms with van der Waals surface area (Å²) in [7, 11) is 0. The zero-order valence-electron chi connectivity index (χ0n) is 11.7. The van der Waals surface area contributed by atoms with Crippen LogP contribution in [0.3, 0.4) is 0 Å². The maximum Gasteiger partial charge on any atom is 0.297 e. The number of fused-ring (bicyclic) bond motifs is 1. The first-order valence-corrected chi connectivity index (χ1v) is 6.64. The normalized spacial score (nSPS) is 31.7. The molecule has 0 spiro atoms. The molecule has 4 atom stereocenters. The number of imidazole rings is 1. The predicted octanol–water partition coefficient (Wildman–Crippen LogP) is -0.0539. The largest absolute Gasteiger partial charge is 0.394 e. The van der Waals surface area contributed by atoms with Gasteiger partial charge in [0.25, 0.3) is 5.69 Å². The number of benzene rings is 1. The molecule has 0 bridgehead atoms. The number of ether oxygens (including phenoxy) is 1. The van der Waals surface area contributed by atoms with Crippen LogP contribution in [0.1, 0.15) is 13.2 Å². The van der Waals surface area contributed by atoms with E-state index < -0.39 is 35.6 Å². The van der Waals surface area contributed by atoms with E-state index >= 15 is 0 Å². The van der Waals surface area contributed by atoms with E-state index in [0.717, 1.165) is 0 Å². The van der Waals surface area contributed by atoms with Gasteiger partial charge in [-0.2, -0.15) is 0 Å². The summed E-state index contributed by atoms with van der Waals surface area (Å²) >= 11 is 0. The Labute approximate surface area is 124 Å². The van der Waals surface area contributed by atoms with Crippen LogP contribution < -0.4 is 0 Å². The van der Waals surface area contributed by atoms with Gasteiger partial charge in [-0.05, 0) is 13.0 Å². The molecule has 1 fully saturated rings. The number of rotatable bonds is 3. The lowest BCUT2D eigenvalue weighted by atomic mass is 9.96. The molecule has 0 saturated carbocycles. The SMILES string of the molecule is C[C@@]1(O)C(O)[C@@H](CO)O[C@H]1n1cnc2c([N+](=O)[O-])cccc21. The minimum absolute atomic E-state index is 0.159. The van der Waals surface area contributed by atoms with E-state index in [1.165, 1.54) is 30.0 Å². The van der Waals surface area contributed by atoms with Gasteiger partial charge in [0.1, 0.15) is 17.8 Å². The van der Waals surface area contributed by atoms with Gasteiger partial charge in [0, 0.05) is 6.07 Å². The minimum Gasteiger partial charge on any atom is -0.394 e. The minimum atomic E-state index is -1.67. The summed E-state index contributed by atoms with van der Waals surface area (Å²) in [5.74, 6) is 0. The topological polar surface area (TPSA) is 131 Å². The maximum absolute atomic E-state index is 11.0. The van der Waals surface area contributed by atoms with Gasteiger partial charge in [0.2, 0.25) is 0 Å². The van der Waals surface area contributed by atoms with Crippen molar-refractivity contribution in [3.8, 4) is 0 Å². The Hall–Kier alpha value is -2.07. The number of nitro benzene ring substituents is 1. The standard InChI is InChI=1S/C13H15N3O6/c1-13(19)11(18)9(5-17)22-12(13)15-6-14-10-7(15)3-2-4-8(10)16(20)21/h2-4,6,9,11-12,17-19H,5H2,1H3/t9-,11?,12-,13-/m1/s1. The van der Waals surface area contributed by atoms with Crippen LogP contribution in [0.2, 0.25) is 0 Å². The molecule has 2 heterocycles. The number of hydrogen-bond donors (Lipinski definition) is 3. The molecular formula is C13H15N3O6. The Bertz CT molecular complexity index is 728. The highest BCUT2D eigenvalue weighted by Crippen LogP contribution is 2.40. The lowest BCUT2D eigenvalue weighted by Crippen LogP contribution is -2.44. The zero-order valence-corrected chi connectivity index (χ0v) is 11.7. The van der Waals surface area contributed by atoms with Gasteiger partial charge in [0.15, 0.2) is 11.7 Å². The molecule has 1 saturated heterocycles. The van der Waals surface area contributed by atoms with Crippen LogP contribution in [0, 0.1) is 10.1 Å². The number of aliphatic hydroxyl groups excluding tert-OH is 2. The monoisotopic (exact) mass is 309 g/mol. The lowest BCUT2D eigenvalue weighted by Gasteiger charge is -2.27. The zero-order chi connectivity index (χ0) is 16.1. The van der Waals surface area contributed by atoms with E-state index in [1.54, 1.807) is 6.07 Å². The summed E-state index contributed by atoms with van der Waals surface area (Å²) < 4.78 is 6.91. The Morgan fingerprint density at radius 1 is 1.55 bits per heavy atom. The number of nitrogens with zero attached hydrogens (tertiary/aromatic N) is 3. The van der Waals surface area contributed by atoms with Crippen molar-refractivity contribution >= 4 is 16.7 Å². The molecule has 9 heteroatoms. The van der Waals surface area contributed by atoms with E-state index in [0.29, 0.717) is 5.52 Å². The second-order valence-corrected chi connectivity index (χ2v) is 5.43. The summed E-state index contributed by atoms with van der Waals surface area (Å²) in [6.45, 7) is 0.918. The summed E-state index contributed by atoms with van der Waals surface area (Å²) in [5, 5.41) is 40.7. The number of aromatic nitrogens is 2. The van der Waals surface area contributed by atoms with E-state index in [2.05, 4.69) is 4.98 Å². The van der Waals surface area contributed by atoms with Crippen molar-refractivity contribution in [2.75, 3.05) is 6.61 Å². The van der Waals surface area contributed by atoms with Crippen LogP contribution in [0.25, 0.3) is 11.0 Å². The Morgan fingerprint density at radius 2 is 2.27 bits per heavy atom. The average molecular weight is 309 g/mol. The first kappa shape index (κ1) is 14.9. The van der Waals surface area contributed by atoms with Crippen molar-refractivity contribution in [2.24, 2.45) is 0 Å². The highest BCUT2D eigenvalue weighted by Gasteiger charge is 2.53. The van der Waals surface area contributed by atoms with Crippen LogP contribution in [0.4, 0.5) is 5.69 Å². The first-order chi connectivity index (χ1) is 10.4. The van der Waals surface area contributed by atoms with Gasteiger partial charge in [-0.25, -0.2) is 4.98 Å². The van der Waals surface area contributed by atoms with Crippen molar-refractivity contribution in [1.82, 2.24) is 9.55 Å². The van der Waals surface area contributed by atoms with Crippen molar-refractivity contribution < 1.29 is 25.0 Å². The average Bonchev–Trinajstić information content (AvgIpc) is 2.99. The van der Waals surface area contributed by atoms with E-state index in [9.17, 15) is 25.4 Å². The smallest absolute Gasteiger partial charge is 0.297 e. The van der Waals surface area contributed by atoms with Crippen molar-refractivity contribution in [3.63, 3.8) is 0 Å². The van der Waals surface area contributed by atoms with Gasteiger partial charge >= 0.3 is 0 Å². The molecule has 1 unspecified atom stereocenters. The molecule has 0 amide bonds. The molecule has 3 rings (SSSR count). The van der Waals surface area contributed by atoms with Crippen molar-refractivity contribution in [2.45, 2.75) is 31.0 Å². The van der Waals surface area contributed by atoms with Crippen molar-refractivity contribution in [3.05, 3.63) is 34.6 Å². The molecule has 118 valence electrons. The third-order valence-electron chi connectivity index (χ3n) is 3.97. The molecule has 9 nitrogen and oxygen atoms in total. The molecule has 1 aliphatic heterocycles. The fraction of sp³-hybridized carbons (Fsp3) is 0.462. The Morgan fingerprint density at radius 3 is 2.86 bits per heavy atom. The number of nitro groups is 1. The van der Waals surface area contributed by atoms with E-state index in [-0.39, 0.29) is 11.2 Å². The van der Waals surface area contributed by atoms with Crippen LogP contribution in [-0.2, 0) is 4.74 Å². The number of para-hydroxylation sites is 1. The fourth-order valence-corrected chi connectivity index (χ4v) is 2.77. The molecule has 1 aliphatic rings. The quantitative estimate of drug-likeness (QED) is 0.535. The first-order valence-electron chi connectivity index (χ1n) is 6.64. The molecule has 3 N–H and O–H groups in total. The van der Waals surface area contributed by atoms with Gasteiger partial charge < -0.3 is 24.6 Å². The van der Waals surface area contributed by atoms with Gasteiger partial charge in [-0.1, -0.05) is 6.07 Å². The van der Waals surface area contributed by atoms with E-state index in [1.807, 2.05) is 0 Å². The highest BCUT2D eigenvalue weighted by molar-refractivity contribution is 5.84. The maximum atomic E-state index is 11.0. The number of hydrogen-bond acceptors (Lipinski definition) is 7. The van der Waals surface area contributed by atoms with E-state index in [4.69, 9.17) is 4.74 Å². The third kappa shape index (κ3) is 1.98. The van der Waals surface area contributed by atoms with Crippen LogP contribution in [0.5, 0.6) is 0 Å². The molecule has 0 radical (unpaired) electrons. The summed E-state index contributed by atoms with van der Waals surface area (Å²) in [6, 6.07) is 4.44. The van der Waals surface area contributed by atoms with Crippen LogP contribution in [-0.4, -0.2) is 54.2 Å². The second-order valence-electron chi connectivity index (χ2n) is 5.43. The van der Waals surface area contributed by atoms with Gasteiger partial charge in [0.05, 0.1) is 23.4 Å². The lowest BCUT2D eigenvalue weighted by molar-refractivity contribution is -0.383. The predicted molar refractivity (Wildman–Crippen MR) is 74.0 cm³/mol. The molecule has 2 aromatic rings. The molecule has 0 aliphatic carbocycles. The Kier molecular flexibility index (Phi) is 3.37. The number of non-ortho nitro benzene ring substituents is 1. The third-order valence-corrected chi connectivity index (χ3v) is 3.97. The highest BCUT2D eigenvalue weighted by atomic mass is 16.6. The second kappa shape index (κ2) is 4.99. The summed E-state index contributed by atoms with van der Waals surface area (Å²) in [5.41, 5.74) is -1.28. The number of aliphatic hydroxyl groups is 3. The molecule has 1 aromatic carbocycles. The van der Waals surface area contributed by atoms with Crippen molar-refractivity contribution in [1.29, 1.82) is 0 Å². The molecule has 1 aromatic heterocycles. The molecular weight excluding hydrogens is 294 g/mol. The van der Waals surface area contributed by atoms with Crippen LogP contribution >= 0.6 is 0 Å². The van der Waals surface area contributed by atoms with Gasteiger partial charge in [-0.3, -0.25) is 10.1 Å². The summed E-state index contributed by atoms with van der Waals surface area (Å²) in [4.78, 5) is 14.5. The van der Waals surface area contributed by atoms with Gasteiger partial charge in [-0.15, -0.1) is 0 Å². The Balaban J connectivity index is 2.12. The fourth-order valence-electron chi connectivity index (χ4n) is 2.77. The molecule has 22 heavy (non-hydrogen) atoms. The van der Waals surface area contributed by atoms with Crippen LogP contribution in [0.15, 0.2) is 24.5 Å².